The SMILES string of the molecule is COCCOc1cc(N(C)S(=O)(=O)c2ccccn2)c2[nH]c(C(=O)N[C@H](CSC(c3ccccc3)(c3ccccc3)c3ccccc3)C(=O)OC)cc2c1. The van der Waals surface area contributed by atoms with Gasteiger partial charge in [0.25, 0.3) is 15.9 Å². The Morgan fingerprint density at radius 3 is 1.96 bits per heavy atom. The predicted octanol–water partition coefficient (Wildman–Crippen LogP) is 6.41. The number of ether oxygens (including phenoxy) is 3. The maximum absolute atomic E-state index is 14.0. The maximum Gasteiger partial charge on any atom is 0.329 e. The average molecular weight is 765 g/mol. The summed E-state index contributed by atoms with van der Waals surface area (Å²) in [6.45, 7) is 0.522. The number of methoxy groups -OCH3 is 2. The molecule has 0 saturated heterocycles. The number of H-pyrrole nitrogens is 1. The zero-order valence-corrected chi connectivity index (χ0v) is 31.6. The van der Waals surface area contributed by atoms with Crippen LogP contribution in [-0.4, -0.2) is 76.5 Å². The normalized spacial score (nSPS) is 12.2. The van der Waals surface area contributed by atoms with Crippen molar-refractivity contribution in [1.29, 1.82) is 0 Å². The van der Waals surface area contributed by atoms with E-state index in [4.69, 9.17) is 14.2 Å². The summed E-state index contributed by atoms with van der Waals surface area (Å²) in [6.07, 6.45) is 1.40. The summed E-state index contributed by atoms with van der Waals surface area (Å²) in [7, 11) is 0.131. The van der Waals surface area contributed by atoms with Crippen molar-refractivity contribution < 1.29 is 32.2 Å². The van der Waals surface area contributed by atoms with Gasteiger partial charge in [-0.05, 0) is 41.0 Å². The smallest absolute Gasteiger partial charge is 0.329 e. The van der Waals surface area contributed by atoms with Gasteiger partial charge in [-0.15, -0.1) is 11.8 Å². The van der Waals surface area contributed by atoms with Crippen LogP contribution >= 0.6 is 11.8 Å². The van der Waals surface area contributed by atoms with Crippen LogP contribution in [0.15, 0.2) is 139 Å². The van der Waals surface area contributed by atoms with E-state index in [0.29, 0.717) is 23.3 Å². The molecule has 6 aromatic rings. The Balaban J connectivity index is 1.35. The number of nitrogens with one attached hydrogen (secondary N) is 2. The zero-order valence-electron chi connectivity index (χ0n) is 30.0. The number of anilines is 1. The monoisotopic (exact) mass is 764 g/mol. The van der Waals surface area contributed by atoms with E-state index in [-0.39, 0.29) is 28.8 Å². The van der Waals surface area contributed by atoms with Gasteiger partial charge in [-0.3, -0.25) is 9.10 Å². The average Bonchev–Trinajstić information content (AvgIpc) is 3.66. The van der Waals surface area contributed by atoms with Gasteiger partial charge in [0.05, 0.1) is 29.7 Å². The number of aromatic amines is 1. The predicted molar refractivity (Wildman–Crippen MR) is 210 cm³/mol. The van der Waals surface area contributed by atoms with Crippen molar-refractivity contribution in [3.63, 3.8) is 0 Å². The number of pyridine rings is 1. The Morgan fingerprint density at radius 2 is 1.43 bits per heavy atom. The number of benzene rings is 4. The zero-order chi connectivity index (χ0) is 38.1. The molecule has 0 saturated carbocycles. The third kappa shape index (κ3) is 7.98. The summed E-state index contributed by atoms with van der Waals surface area (Å²) < 4.78 is 43.8. The minimum absolute atomic E-state index is 0.100. The Bertz CT molecular complexity index is 2190. The molecule has 6 rings (SSSR count). The molecule has 0 aliphatic heterocycles. The summed E-state index contributed by atoms with van der Waals surface area (Å²) in [5.74, 6) is -0.697. The number of hydrogen-bond donors (Lipinski definition) is 2. The summed E-state index contributed by atoms with van der Waals surface area (Å²) in [5.41, 5.74) is 3.68. The second-order valence-electron chi connectivity index (χ2n) is 12.2. The molecule has 1 amide bonds. The Morgan fingerprint density at radius 1 is 0.833 bits per heavy atom. The van der Waals surface area contributed by atoms with Gasteiger partial charge in [-0.2, -0.15) is 8.42 Å². The van der Waals surface area contributed by atoms with Gasteiger partial charge in [0.1, 0.15) is 24.1 Å². The van der Waals surface area contributed by atoms with Crippen molar-refractivity contribution in [3.05, 3.63) is 156 Å². The lowest BCUT2D eigenvalue weighted by molar-refractivity contribution is -0.142. The van der Waals surface area contributed by atoms with Gasteiger partial charge in [-0.25, -0.2) is 9.78 Å². The van der Waals surface area contributed by atoms with Crippen LogP contribution in [0.25, 0.3) is 10.9 Å². The van der Waals surface area contributed by atoms with Crippen molar-refractivity contribution in [2.45, 2.75) is 15.8 Å². The third-order valence-corrected chi connectivity index (χ3v) is 12.2. The molecule has 1 atom stereocenters. The van der Waals surface area contributed by atoms with Crippen LogP contribution in [0.4, 0.5) is 5.69 Å². The standard InChI is InChI=1S/C41H40N4O7S2/c1-45(54(48,49)37-21-13-14-22-42-37)36-27-33(52-24-23-50-2)25-29-26-34(43-38(29)36)39(46)44-35(40(47)51-3)28-53-41(30-15-7-4-8-16-30,31-17-9-5-10-18-31)32-19-11-6-12-20-32/h4-22,25-27,35,43H,23-24,28H2,1-3H3,(H,44,46)/t35-/m1/s1. The molecule has 2 N–H and O–H groups in total. The topological polar surface area (TPSA) is 140 Å². The highest BCUT2D eigenvalue weighted by molar-refractivity contribution is 8.00. The number of nitrogens with zero attached hydrogens (tertiary/aromatic N) is 2. The molecular weight excluding hydrogens is 725 g/mol. The number of rotatable bonds is 16. The molecule has 13 heteroatoms. The van der Waals surface area contributed by atoms with Crippen LogP contribution in [0.2, 0.25) is 0 Å². The molecule has 0 spiro atoms. The Kier molecular flexibility index (Phi) is 12.0. The highest BCUT2D eigenvalue weighted by atomic mass is 32.2. The Hall–Kier alpha value is -5.63. The van der Waals surface area contributed by atoms with Gasteiger partial charge >= 0.3 is 5.97 Å². The number of esters is 1. The molecule has 0 radical (unpaired) electrons. The molecule has 0 unspecified atom stereocenters. The lowest BCUT2D eigenvalue weighted by Crippen LogP contribution is -2.44. The molecule has 0 fully saturated rings. The molecular formula is C41H40N4O7S2. The van der Waals surface area contributed by atoms with Crippen molar-refractivity contribution in [3.8, 4) is 5.75 Å². The van der Waals surface area contributed by atoms with Gasteiger partial charge in [0.2, 0.25) is 0 Å². The van der Waals surface area contributed by atoms with Crippen LogP contribution in [-0.2, 0) is 29.0 Å². The summed E-state index contributed by atoms with van der Waals surface area (Å²) in [6, 6.07) is 38.5. The van der Waals surface area contributed by atoms with E-state index in [1.54, 1.807) is 37.4 Å². The molecule has 54 heavy (non-hydrogen) atoms. The number of carbonyl (C=O) groups is 2. The van der Waals surface area contributed by atoms with E-state index in [9.17, 15) is 18.0 Å². The number of amides is 1. The quantitative estimate of drug-likeness (QED) is 0.0650. The fraction of sp³-hybridized carbons (Fsp3) is 0.195. The highest BCUT2D eigenvalue weighted by Gasteiger charge is 2.39. The molecule has 11 nitrogen and oxygen atoms in total. The maximum atomic E-state index is 14.0. The van der Waals surface area contributed by atoms with Crippen LogP contribution in [0.1, 0.15) is 27.2 Å². The van der Waals surface area contributed by atoms with E-state index in [2.05, 4.69) is 51.7 Å². The van der Waals surface area contributed by atoms with Crippen molar-refractivity contribution in [2.75, 3.05) is 44.5 Å². The number of hydrogen-bond acceptors (Lipinski definition) is 9. The van der Waals surface area contributed by atoms with E-state index in [1.807, 2.05) is 54.6 Å². The third-order valence-electron chi connectivity index (χ3n) is 8.88. The van der Waals surface area contributed by atoms with Crippen molar-refractivity contribution in [2.24, 2.45) is 0 Å². The minimum Gasteiger partial charge on any atom is -0.491 e. The number of aromatic nitrogens is 2. The minimum atomic E-state index is -4.10. The van der Waals surface area contributed by atoms with Crippen LogP contribution in [0.3, 0.4) is 0 Å². The van der Waals surface area contributed by atoms with Crippen LogP contribution < -0.4 is 14.4 Å². The molecule has 0 bridgehead atoms. The van der Waals surface area contributed by atoms with Crippen molar-refractivity contribution >= 4 is 50.3 Å². The van der Waals surface area contributed by atoms with E-state index >= 15 is 0 Å². The summed E-state index contributed by atoms with van der Waals surface area (Å²) in [4.78, 5) is 34.5. The van der Waals surface area contributed by atoms with Gasteiger partial charge in [0, 0.05) is 37.6 Å². The first-order chi connectivity index (χ1) is 26.2. The molecule has 278 valence electrons. The summed E-state index contributed by atoms with van der Waals surface area (Å²) in [5, 5.41) is 3.24. The first-order valence-corrected chi connectivity index (χ1v) is 19.5. The Labute approximate surface area is 318 Å². The lowest BCUT2D eigenvalue weighted by atomic mass is 9.84. The fourth-order valence-electron chi connectivity index (χ4n) is 6.19. The number of fused-ring (bicyclic) bond motifs is 1. The lowest BCUT2D eigenvalue weighted by Gasteiger charge is -2.36. The second kappa shape index (κ2) is 17.0. The van der Waals surface area contributed by atoms with E-state index in [1.165, 1.54) is 38.2 Å². The number of carbonyl (C=O) groups excluding carboxylic acids is 2. The van der Waals surface area contributed by atoms with Gasteiger partial charge in [-0.1, -0.05) is 97.1 Å². The number of thioether (sulfide) groups is 1. The first-order valence-electron chi connectivity index (χ1n) is 17.1. The first kappa shape index (κ1) is 38.1. The van der Waals surface area contributed by atoms with E-state index < -0.39 is 32.7 Å². The highest BCUT2D eigenvalue weighted by Crippen LogP contribution is 2.48. The largest absolute Gasteiger partial charge is 0.491 e. The van der Waals surface area contributed by atoms with Gasteiger partial charge in [0.15, 0.2) is 5.03 Å². The molecule has 2 aromatic heterocycles. The van der Waals surface area contributed by atoms with Crippen LogP contribution in [0, 0.1) is 0 Å². The molecule has 0 aliphatic rings. The van der Waals surface area contributed by atoms with Crippen molar-refractivity contribution in [1.82, 2.24) is 15.3 Å². The summed E-state index contributed by atoms with van der Waals surface area (Å²) >= 11 is 1.51. The second-order valence-corrected chi connectivity index (χ2v) is 15.4. The fourth-order valence-corrected chi connectivity index (χ4v) is 8.86. The molecule has 4 aromatic carbocycles. The van der Waals surface area contributed by atoms with E-state index in [0.717, 1.165) is 21.0 Å². The van der Waals surface area contributed by atoms with Gasteiger partial charge < -0.3 is 24.5 Å². The van der Waals surface area contributed by atoms with Crippen LogP contribution in [0.5, 0.6) is 5.75 Å². The molecule has 2 heterocycles. The number of sulfonamides is 1. The molecule has 0 aliphatic carbocycles.